The average molecular weight is 650 g/mol. The molecule has 1 aromatic heterocycles. The lowest BCUT2D eigenvalue weighted by molar-refractivity contribution is -0.147. The van der Waals surface area contributed by atoms with Gasteiger partial charge in [0.05, 0.1) is 17.9 Å². The molecule has 0 radical (unpaired) electrons. The summed E-state index contributed by atoms with van der Waals surface area (Å²) in [4.78, 5) is 56.2. The second-order valence-electron chi connectivity index (χ2n) is 13.7. The van der Waals surface area contributed by atoms with E-state index in [9.17, 15) is 19.2 Å². The summed E-state index contributed by atoms with van der Waals surface area (Å²) in [6.45, 7) is 6.80. The van der Waals surface area contributed by atoms with Crippen molar-refractivity contribution in [1.29, 1.82) is 0 Å². The third-order valence-electron chi connectivity index (χ3n) is 9.41. The number of para-hydroxylation sites is 1. The van der Waals surface area contributed by atoms with Crippen LogP contribution < -0.4 is 20.8 Å². The van der Waals surface area contributed by atoms with E-state index in [-0.39, 0.29) is 46.4 Å². The fraction of sp³-hybridized carbons (Fsp3) is 0.500. The van der Waals surface area contributed by atoms with E-state index in [2.05, 4.69) is 10.6 Å². The average Bonchev–Trinajstić information content (AvgIpc) is 3.04. The maximum absolute atomic E-state index is 14.2. The number of likely N-dealkylation sites (tertiary alicyclic amines) is 1. The molecule has 1 atom stereocenters. The molecule has 9 nitrogen and oxygen atoms in total. The van der Waals surface area contributed by atoms with Gasteiger partial charge in [0.25, 0.3) is 5.91 Å². The summed E-state index contributed by atoms with van der Waals surface area (Å²) in [7, 11) is 1.46. The summed E-state index contributed by atoms with van der Waals surface area (Å²) >= 11 is 6.11. The number of piperidine rings is 1. The Labute approximate surface area is 275 Å². The molecular formula is C36H44ClN3O6. The highest BCUT2D eigenvalue weighted by Crippen LogP contribution is 2.46. The van der Waals surface area contributed by atoms with Gasteiger partial charge in [-0.3, -0.25) is 19.2 Å². The number of benzene rings is 2. The van der Waals surface area contributed by atoms with Crippen LogP contribution in [0.25, 0.3) is 11.0 Å². The van der Waals surface area contributed by atoms with Crippen molar-refractivity contribution in [3.63, 3.8) is 0 Å². The van der Waals surface area contributed by atoms with Crippen molar-refractivity contribution in [1.82, 2.24) is 15.5 Å². The lowest BCUT2D eigenvalue weighted by atomic mass is 9.63. The van der Waals surface area contributed by atoms with E-state index in [0.29, 0.717) is 36.7 Å². The molecule has 2 aliphatic rings. The molecule has 2 aromatic carbocycles. The van der Waals surface area contributed by atoms with Crippen molar-refractivity contribution in [2.75, 3.05) is 20.2 Å². The molecule has 3 aromatic rings. The molecule has 1 aliphatic heterocycles. The first kappa shape index (κ1) is 33.5. The third-order valence-corrected chi connectivity index (χ3v) is 9.67. The monoisotopic (exact) mass is 649 g/mol. The Bertz CT molecular complexity index is 1630. The van der Waals surface area contributed by atoms with Crippen molar-refractivity contribution in [3.8, 4) is 5.75 Å². The number of carbonyl (C=O) groups is 3. The summed E-state index contributed by atoms with van der Waals surface area (Å²) in [6.07, 6.45) is 6.78. The summed E-state index contributed by atoms with van der Waals surface area (Å²) in [5.74, 6) is -0.481. The number of ether oxygens (including phenoxy) is 1. The summed E-state index contributed by atoms with van der Waals surface area (Å²) in [6, 6.07) is 12.2. The second-order valence-corrected chi connectivity index (χ2v) is 14.1. The number of methoxy groups -OCH3 is 1. The van der Waals surface area contributed by atoms with Crippen LogP contribution in [-0.4, -0.2) is 54.4 Å². The molecule has 0 unspecified atom stereocenters. The van der Waals surface area contributed by atoms with Gasteiger partial charge in [-0.15, -0.1) is 0 Å². The van der Waals surface area contributed by atoms with Crippen LogP contribution in [0.5, 0.6) is 5.75 Å². The van der Waals surface area contributed by atoms with E-state index in [1.807, 2.05) is 32.9 Å². The third kappa shape index (κ3) is 7.41. The topological polar surface area (TPSA) is 118 Å². The summed E-state index contributed by atoms with van der Waals surface area (Å²) in [5.41, 5.74) is -0.321. The van der Waals surface area contributed by atoms with E-state index in [0.717, 1.165) is 37.3 Å². The fourth-order valence-corrected chi connectivity index (χ4v) is 7.12. The van der Waals surface area contributed by atoms with Crippen LogP contribution in [-0.2, 0) is 16.0 Å². The quantitative estimate of drug-likeness (QED) is 0.314. The first-order valence-electron chi connectivity index (χ1n) is 16.2. The van der Waals surface area contributed by atoms with Gasteiger partial charge in [-0.1, -0.05) is 49.1 Å². The predicted octanol–water partition coefficient (Wildman–Crippen LogP) is 5.90. The molecule has 1 aliphatic carbocycles. The van der Waals surface area contributed by atoms with Gasteiger partial charge < -0.3 is 24.7 Å². The van der Waals surface area contributed by atoms with Gasteiger partial charge in [0.1, 0.15) is 6.04 Å². The highest BCUT2D eigenvalue weighted by atomic mass is 35.5. The molecule has 2 fully saturated rings. The molecule has 1 saturated carbocycles. The minimum absolute atomic E-state index is 0.0757. The van der Waals surface area contributed by atoms with Crippen molar-refractivity contribution < 1.29 is 23.5 Å². The zero-order valence-electron chi connectivity index (χ0n) is 27.1. The van der Waals surface area contributed by atoms with E-state index in [1.54, 1.807) is 35.2 Å². The van der Waals surface area contributed by atoms with Gasteiger partial charge in [0.2, 0.25) is 11.8 Å². The lowest BCUT2D eigenvalue weighted by Gasteiger charge is -2.48. The Morgan fingerprint density at radius 2 is 1.72 bits per heavy atom. The molecule has 5 rings (SSSR count). The zero-order valence-corrected chi connectivity index (χ0v) is 27.9. The number of hydrogen-bond donors (Lipinski definition) is 2. The zero-order chi connectivity index (χ0) is 33.1. The normalized spacial score (nSPS) is 17.7. The molecule has 2 heterocycles. The predicted molar refractivity (Wildman–Crippen MR) is 178 cm³/mol. The van der Waals surface area contributed by atoms with Gasteiger partial charge in [-0.25, -0.2) is 0 Å². The number of carbonyl (C=O) groups excluding carboxylic acids is 3. The number of nitrogens with one attached hydrogen (secondary N) is 2. The van der Waals surface area contributed by atoms with Crippen molar-refractivity contribution in [2.24, 2.45) is 11.3 Å². The van der Waals surface area contributed by atoms with Crippen LogP contribution in [0.4, 0.5) is 0 Å². The molecular weight excluding hydrogens is 606 g/mol. The van der Waals surface area contributed by atoms with Crippen LogP contribution in [0, 0.1) is 11.3 Å². The Morgan fingerprint density at radius 3 is 2.35 bits per heavy atom. The molecule has 0 bridgehead atoms. The first-order chi connectivity index (χ1) is 21.9. The van der Waals surface area contributed by atoms with Crippen molar-refractivity contribution in [3.05, 3.63) is 75.1 Å². The van der Waals surface area contributed by atoms with E-state index in [1.165, 1.54) is 13.5 Å². The van der Waals surface area contributed by atoms with Gasteiger partial charge in [0.15, 0.2) is 22.5 Å². The van der Waals surface area contributed by atoms with Crippen LogP contribution >= 0.6 is 11.6 Å². The van der Waals surface area contributed by atoms with E-state index >= 15 is 0 Å². The molecule has 246 valence electrons. The number of halogens is 1. The van der Waals surface area contributed by atoms with Gasteiger partial charge in [0, 0.05) is 36.1 Å². The minimum Gasteiger partial charge on any atom is -0.493 e. The minimum atomic E-state index is -0.946. The molecule has 0 spiro atoms. The highest BCUT2D eigenvalue weighted by Gasteiger charge is 2.49. The summed E-state index contributed by atoms with van der Waals surface area (Å²) in [5, 5.41) is 6.94. The van der Waals surface area contributed by atoms with Crippen LogP contribution in [0.15, 0.2) is 57.7 Å². The second kappa shape index (κ2) is 13.9. The number of rotatable bonds is 8. The SMILES string of the molecule is COc1cccc2c(=O)cc(C(=O)N[C@H](Cc3ccc(Cl)cc3)C(=O)N3CCC(C(=O)NC(C)(C)C)(C4CCCCC4)CC3)oc12. The smallest absolute Gasteiger partial charge is 0.287 e. The maximum Gasteiger partial charge on any atom is 0.287 e. The number of amides is 3. The maximum atomic E-state index is 14.2. The standard InChI is InChI=1S/C36H44ClN3O6/c1-35(2,3)39-34(44)36(24-9-6-5-7-10-24)17-19-40(20-18-36)33(43)27(21-23-13-15-25(37)16-14-23)38-32(42)30-22-28(41)26-11-8-12-29(45-4)31(26)46-30/h8,11-16,22,24,27H,5-7,9-10,17-21H2,1-4H3,(H,38,42)(H,39,44)/t27-/m1/s1. The van der Waals surface area contributed by atoms with Gasteiger partial charge in [-0.05, 0) is 82.2 Å². The van der Waals surface area contributed by atoms with E-state index < -0.39 is 22.8 Å². The van der Waals surface area contributed by atoms with Gasteiger partial charge in [-0.2, -0.15) is 0 Å². The molecule has 46 heavy (non-hydrogen) atoms. The van der Waals surface area contributed by atoms with Crippen LogP contribution in [0.1, 0.15) is 81.8 Å². The Hall–Kier alpha value is -3.85. The fourth-order valence-electron chi connectivity index (χ4n) is 7.00. The van der Waals surface area contributed by atoms with Gasteiger partial charge >= 0.3 is 0 Å². The Balaban J connectivity index is 1.39. The lowest BCUT2D eigenvalue weighted by Crippen LogP contribution is -2.59. The highest BCUT2D eigenvalue weighted by molar-refractivity contribution is 6.30. The molecule has 1 saturated heterocycles. The van der Waals surface area contributed by atoms with Crippen LogP contribution in [0.2, 0.25) is 5.02 Å². The Morgan fingerprint density at radius 1 is 1.04 bits per heavy atom. The van der Waals surface area contributed by atoms with E-state index in [4.69, 9.17) is 20.8 Å². The number of fused-ring (bicyclic) bond motifs is 1. The van der Waals surface area contributed by atoms with Crippen molar-refractivity contribution in [2.45, 2.75) is 83.7 Å². The van der Waals surface area contributed by atoms with Crippen LogP contribution in [0.3, 0.4) is 0 Å². The summed E-state index contributed by atoms with van der Waals surface area (Å²) < 4.78 is 11.2. The molecule has 10 heteroatoms. The van der Waals surface area contributed by atoms with Crippen molar-refractivity contribution >= 4 is 40.3 Å². The largest absolute Gasteiger partial charge is 0.493 e. The number of nitrogens with zero attached hydrogens (tertiary/aromatic N) is 1. The Kier molecular flexibility index (Phi) is 10.1. The number of hydrogen-bond acceptors (Lipinski definition) is 6. The molecule has 3 amide bonds. The first-order valence-corrected chi connectivity index (χ1v) is 16.6. The molecule has 2 N–H and O–H groups in total.